The van der Waals surface area contributed by atoms with E-state index in [2.05, 4.69) is 57.2 Å². The standard InChI is InChI=1S/C9H19NS.C8H17NO/c1-9(2,3)10-5-7-11(4)8-6-10;1-8(2,3)9-4-6-10-7-5-9/h4-8H2,1-3H3;4-7H2,1-3H3. The van der Waals surface area contributed by atoms with Gasteiger partial charge in [0.15, 0.2) is 0 Å². The van der Waals surface area contributed by atoms with Crippen LogP contribution in [0.25, 0.3) is 0 Å². The van der Waals surface area contributed by atoms with Crippen LogP contribution in [0.3, 0.4) is 0 Å². The van der Waals surface area contributed by atoms with E-state index in [0.717, 1.165) is 26.3 Å². The van der Waals surface area contributed by atoms with Crippen molar-refractivity contribution >= 4 is 16.4 Å². The van der Waals surface area contributed by atoms with Crippen LogP contribution in [0, 0.1) is 0 Å². The van der Waals surface area contributed by atoms with Gasteiger partial charge in [-0.3, -0.25) is 9.80 Å². The highest BCUT2D eigenvalue weighted by Crippen LogP contribution is 2.22. The molecule has 0 bridgehead atoms. The normalized spacial score (nSPS) is 23.5. The second-order valence-electron chi connectivity index (χ2n) is 7.95. The van der Waals surface area contributed by atoms with Gasteiger partial charge in [0.25, 0.3) is 0 Å². The number of rotatable bonds is 0. The molecule has 0 saturated carbocycles. The molecule has 0 N–H and O–H groups in total. The molecule has 0 unspecified atom stereocenters. The van der Waals surface area contributed by atoms with E-state index >= 15 is 0 Å². The zero-order valence-electron chi connectivity index (χ0n) is 15.1. The van der Waals surface area contributed by atoms with E-state index in [1.807, 2.05) is 0 Å². The highest BCUT2D eigenvalue weighted by Gasteiger charge is 2.23. The Morgan fingerprint density at radius 2 is 1.14 bits per heavy atom. The maximum absolute atomic E-state index is 5.25. The minimum atomic E-state index is 0.323. The molecule has 0 radical (unpaired) electrons. The fourth-order valence-electron chi connectivity index (χ4n) is 2.60. The molecule has 0 amide bonds. The van der Waals surface area contributed by atoms with E-state index in [9.17, 15) is 0 Å². The van der Waals surface area contributed by atoms with Gasteiger partial charge in [-0.25, -0.2) is 0 Å². The lowest BCUT2D eigenvalue weighted by Gasteiger charge is -2.39. The topological polar surface area (TPSA) is 15.7 Å². The summed E-state index contributed by atoms with van der Waals surface area (Å²) < 4.78 is 5.25. The minimum Gasteiger partial charge on any atom is -0.379 e. The smallest absolute Gasteiger partial charge is 0.0594 e. The van der Waals surface area contributed by atoms with E-state index < -0.39 is 0 Å². The van der Waals surface area contributed by atoms with E-state index in [1.165, 1.54) is 24.6 Å². The predicted octanol–water partition coefficient (Wildman–Crippen LogP) is 2.92. The molecule has 0 atom stereocenters. The lowest BCUT2D eigenvalue weighted by Crippen LogP contribution is -2.47. The molecule has 0 aromatic rings. The van der Waals surface area contributed by atoms with Crippen molar-refractivity contribution in [2.24, 2.45) is 0 Å². The largest absolute Gasteiger partial charge is 0.379 e. The molecule has 2 heterocycles. The van der Waals surface area contributed by atoms with Crippen molar-refractivity contribution in [2.45, 2.75) is 52.6 Å². The van der Waals surface area contributed by atoms with Crippen LogP contribution in [0.15, 0.2) is 0 Å². The van der Waals surface area contributed by atoms with Gasteiger partial charge in [-0.2, -0.15) is 10.5 Å². The molecule has 2 aliphatic rings. The molecule has 0 aliphatic carbocycles. The highest BCUT2D eigenvalue weighted by molar-refractivity contribution is 8.14. The van der Waals surface area contributed by atoms with Crippen LogP contribution in [-0.4, -0.2) is 77.6 Å². The maximum Gasteiger partial charge on any atom is 0.0594 e. The van der Waals surface area contributed by atoms with Crippen molar-refractivity contribution in [3.63, 3.8) is 0 Å². The Balaban J connectivity index is 0.000000211. The Bertz CT molecular complexity index is 315. The van der Waals surface area contributed by atoms with Gasteiger partial charge in [0.05, 0.1) is 13.2 Å². The van der Waals surface area contributed by atoms with E-state index in [1.54, 1.807) is 0 Å². The van der Waals surface area contributed by atoms with E-state index in [0.29, 0.717) is 21.6 Å². The van der Waals surface area contributed by atoms with Crippen molar-refractivity contribution in [3.05, 3.63) is 0 Å². The van der Waals surface area contributed by atoms with Crippen LogP contribution in [0.4, 0.5) is 0 Å². The predicted molar refractivity (Wildman–Crippen MR) is 97.9 cm³/mol. The average molecular weight is 317 g/mol. The van der Waals surface area contributed by atoms with Crippen molar-refractivity contribution in [1.29, 1.82) is 0 Å². The third kappa shape index (κ3) is 7.27. The maximum atomic E-state index is 5.25. The Labute approximate surface area is 135 Å². The zero-order valence-corrected chi connectivity index (χ0v) is 15.9. The SMILES string of the molecule is C=S1CCN(C(C)(C)C)CC1.CC(C)(C)N1CCOCC1. The Morgan fingerprint density at radius 1 is 0.762 bits per heavy atom. The summed E-state index contributed by atoms with van der Waals surface area (Å²) in [6.07, 6.45) is 0. The summed E-state index contributed by atoms with van der Waals surface area (Å²) in [7, 11) is 0.463. The fourth-order valence-corrected chi connectivity index (χ4v) is 3.76. The van der Waals surface area contributed by atoms with Crippen molar-refractivity contribution in [2.75, 3.05) is 50.9 Å². The van der Waals surface area contributed by atoms with Crippen molar-refractivity contribution < 1.29 is 4.74 Å². The van der Waals surface area contributed by atoms with Gasteiger partial charge in [0.2, 0.25) is 0 Å². The lowest BCUT2D eigenvalue weighted by molar-refractivity contribution is -0.00389. The quantitative estimate of drug-likeness (QED) is 0.639. The molecule has 0 aromatic heterocycles. The summed E-state index contributed by atoms with van der Waals surface area (Å²) in [6.45, 7) is 20.1. The number of hydrogen-bond acceptors (Lipinski definition) is 3. The molecule has 2 fully saturated rings. The molecule has 0 spiro atoms. The fraction of sp³-hybridized carbons (Fsp3) is 0.941. The van der Waals surface area contributed by atoms with Gasteiger partial charge in [0, 0.05) is 48.8 Å². The lowest BCUT2D eigenvalue weighted by atomic mass is 10.1. The van der Waals surface area contributed by atoms with Crippen LogP contribution in [0.5, 0.6) is 0 Å². The number of nitrogens with zero attached hydrogens (tertiary/aromatic N) is 2. The zero-order chi connectivity index (χ0) is 16.1. The van der Waals surface area contributed by atoms with Gasteiger partial charge < -0.3 is 4.74 Å². The van der Waals surface area contributed by atoms with Crippen molar-refractivity contribution in [1.82, 2.24) is 9.80 Å². The van der Waals surface area contributed by atoms with Gasteiger partial charge in [-0.05, 0) is 41.5 Å². The van der Waals surface area contributed by atoms with Crippen molar-refractivity contribution in [3.8, 4) is 0 Å². The molecule has 0 aromatic carbocycles. The molecule has 2 rings (SSSR count). The summed E-state index contributed by atoms with van der Waals surface area (Å²) >= 11 is 0. The molecule has 2 saturated heterocycles. The third-order valence-corrected chi connectivity index (χ3v) is 5.73. The van der Waals surface area contributed by atoms with Crippen LogP contribution in [0.1, 0.15) is 41.5 Å². The summed E-state index contributed by atoms with van der Waals surface area (Å²) in [5.74, 6) is 6.72. The number of ether oxygens (including phenoxy) is 1. The first kappa shape index (κ1) is 19.1. The number of hydrogen-bond donors (Lipinski definition) is 0. The molecule has 21 heavy (non-hydrogen) atoms. The van der Waals surface area contributed by atoms with Crippen LogP contribution >= 0.6 is 10.5 Å². The molecule has 4 heteroatoms. The summed E-state index contributed by atoms with van der Waals surface area (Å²) in [6, 6.07) is 0. The number of morpholine rings is 1. The van der Waals surface area contributed by atoms with Gasteiger partial charge in [-0.1, -0.05) is 5.87 Å². The molecular formula is C17H36N2OS. The molecule has 126 valence electrons. The highest BCUT2D eigenvalue weighted by atomic mass is 32.2. The second kappa shape index (κ2) is 8.09. The van der Waals surface area contributed by atoms with Gasteiger partial charge in [-0.15, -0.1) is 0 Å². The van der Waals surface area contributed by atoms with Crippen LogP contribution in [0.2, 0.25) is 0 Å². The van der Waals surface area contributed by atoms with Gasteiger partial charge in [0.1, 0.15) is 0 Å². The van der Waals surface area contributed by atoms with E-state index in [4.69, 9.17) is 4.74 Å². The summed E-state index contributed by atoms with van der Waals surface area (Å²) in [5, 5.41) is 0. The summed E-state index contributed by atoms with van der Waals surface area (Å²) in [5.41, 5.74) is 0.689. The molecule has 3 nitrogen and oxygen atoms in total. The minimum absolute atomic E-state index is 0.323. The third-order valence-electron chi connectivity index (χ3n) is 4.21. The first-order chi connectivity index (χ1) is 9.60. The Hall–Kier alpha value is 0.1000. The summed E-state index contributed by atoms with van der Waals surface area (Å²) in [4.78, 5) is 5.01. The average Bonchev–Trinajstić information content (AvgIpc) is 2.39. The van der Waals surface area contributed by atoms with E-state index in [-0.39, 0.29) is 0 Å². The van der Waals surface area contributed by atoms with Crippen LogP contribution in [-0.2, 0) is 4.74 Å². The Morgan fingerprint density at radius 3 is 1.48 bits per heavy atom. The van der Waals surface area contributed by atoms with Gasteiger partial charge >= 0.3 is 0 Å². The monoisotopic (exact) mass is 316 g/mol. The second-order valence-corrected chi connectivity index (χ2v) is 9.99. The van der Waals surface area contributed by atoms with Crippen LogP contribution < -0.4 is 0 Å². The first-order valence-corrected chi connectivity index (χ1v) is 9.89. The molecule has 2 aliphatic heterocycles. The first-order valence-electron chi connectivity index (χ1n) is 8.16. The molecular weight excluding hydrogens is 280 g/mol. The Kier molecular flexibility index (Phi) is 7.38.